The molecule has 0 saturated heterocycles. The van der Waals surface area contributed by atoms with Crippen LogP contribution in [-0.2, 0) is 18.0 Å². The highest BCUT2D eigenvalue weighted by atomic mass is 19.4. The minimum atomic E-state index is -4.40. The van der Waals surface area contributed by atoms with Crippen molar-refractivity contribution in [3.8, 4) is 11.5 Å². The Bertz CT molecular complexity index is 1530. The highest BCUT2D eigenvalue weighted by Crippen LogP contribution is 2.31. The number of aliphatic hydroxyl groups is 1. The molecule has 0 spiro atoms. The summed E-state index contributed by atoms with van der Waals surface area (Å²) in [5.74, 6) is 1.67. The van der Waals surface area contributed by atoms with Gasteiger partial charge in [0.25, 0.3) is 0 Å². The maximum Gasteiger partial charge on any atom is 0.416 e. The number of nitrogens with zero attached hydrogens (tertiary/aromatic N) is 4. The van der Waals surface area contributed by atoms with Gasteiger partial charge in [-0.25, -0.2) is 4.98 Å². The van der Waals surface area contributed by atoms with E-state index in [0.717, 1.165) is 17.6 Å². The molecule has 1 aliphatic heterocycles. The number of alkyl halides is 3. The van der Waals surface area contributed by atoms with E-state index in [0.29, 0.717) is 40.2 Å². The summed E-state index contributed by atoms with van der Waals surface area (Å²) >= 11 is 0. The van der Waals surface area contributed by atoms with Gasteiger partial charge < -0.3 is 30.4 Å². The lowest BCUT2D eigenvalue weighted by Gasteiger charge is -2.12. The lowest BCUT2D eigenvalue weighted by atomic mass is 10.2. The normalized spacial score (nSPS) is 15.1. The molecule has 0 fully saturated rings. The van der Waals surface area contributed by atoms with Crippen molar-refractivity contribution < 1.29 is 27.8 Å². The molecule has 1 amide bonds. The first-order valence-corrected chi connectivity index (χ1v) is 12.0. The number of nitrogens with one attached hydrogen (secondary N) is 3. The molecule has 0 aliphatic carbocycles. The Balaban J connectivity index is 1.28. The van der Waals surface area contributed by atoms with Gasteiger partial charge in [-0.3, -0.25) is 14.8 Å². The third-order valence-corrected chi connectivity index (χ3v) is 6.00. The standard InChI is InChI=1S/C26H24F3N7O3/c1-36-22-7-6-17(12-19(22)35-25(36)33-16-4-2-15(3-5-16)26(27,28)29)39-18-8-9-30-20(13-18)23-32-14-21(34-23)24(38)31-10-11-37/h2-9,12-13,21,37H,10-11,14H2,1H3,(H,31,38)(H,32,34)(H,33,35). The average Bonchev–Trinajstić information content (AvgIpc) is 3.53. The summed E-state index contributed by atoms with van der Waals surface area (Å²) in [6.07, 6.45) is -2.83. The van der Waals surface area contributed by atoms with Gasteiger partial charge in [-0.15, -0.1) is 0 Å². The summed E-state index contributed by atoms with van der Waals surface area (Å²) in [5.41, 5.74) is 1.67. The summed E-state index contributed by atoms with van der Waals surface area (Å²) < 4.78 is 46.3. The van der Waals surface area contributed by atoms with E-state index in [9.17, 15) is 18.0 Å². The predicted molar refractivity (Wildman–Crippen MR) is 138 cm³/mol. The van der Waals surface area contributed by atoms with Gasteiger partial charge in [0, 0.05) is 37.6 Å². The molecule has 0 bridgehead atoms. The van der Waals surface area contributed by atoms with Gasteiger partial charge in [0.05, 0.1) is 29.7 Å². The largest absolute Gasteiger partial charge is 0.457 e. The van der Waals surface area contributed by atoms with Crippen LogP contribution in [0.25, 0.3) is 11.0 Å². The van der Waals surface area contributed by atoms with Crippen LogP contribution in [0.3, 0.4) is 0 Å². The number of aliphatic hydroxyl groups excluding tert-OH is 1. The van der Waals surface area contributed by atoms with Crippen molar-refractivity contribution in [1.82, 2.24) is 25.2 Å². The summed E-state index contributed by atoms with van der Waals surface area (Å²) in [4.78, 5) is 25.3. The van der Waals surface area contributed by atoms with E-state index in [4.69, 9.17) is 9.84 Å². The van der Waals surface area contributed by atoms with Crippen molar-refractivity contribution >= 4 is 34.4 Å². The zero-order valence-corrected chi connectivity index (χ0v) is 20.7. The van der Waals surface area contributed by atoms with Crippen LogP contribution in [0.15, 0.2) is 65.8 Å². The molecule has 202 valence electrons. The molecule has 4 aromatic rings. The Morgan fingerprint density at radius 2 is 1.92 bits per heavy atom. The number of amides is 1. The first-order valence-electron chi connectivity index (χ1n) is 12.0. The van der Waals surface area contributed by atoms with Crippen molar-refractivity contribution in [3.63, 3.8) is 0 Å². The van der Waals surface area contributed by atoms with Crippen LogP contribution in [0.5, 0.6) is 11.5 Å². The number of ether oxygens (including phenoxy) is 1. The van der Waals surface area contributed by atoms with Crippen molar-refractivity contribution in [2.75, 3.05) is 25.0 Å². The average molecular weight is 540 g/mol. The number of aryl methyl sites for hydroxylation is 1. The quantitative estimate of drug-likeness (QED) is 0.271. The van der Waals surface area contributed by atoms with Gasteiger partial charge in [0.15, 0.2) is 0 Å². The van der Waals surface area contributed by atoms with Crippen LogP contribution in [0, 0.1) is 0 Å². The van der Waals surface area contributed by atoms with E-state index in [1.807, 2.05) is 6.07 Å². The number of fused-ring (bicyclic) bond motifs is 1. The Kier molecular flexibility index (Phi) is 7.07. The van der Waals surface area contributed by atoms with E-state index >= 15 is 0 Å². The summed E-state index contributed by atoms with van der Waals surface area (Å²) in [5, 5.41) is 17.6. The molecule has 0 radical (unpaired) electrons. The SMILES string of the molecule is Cn1c(Nc2ccc(C(F)(F)F)cc2)nc2cc(Oc3ccnc(C4=NCC(C(=O)NCCO)N4)c3)ccc21. The van der Waals surface area contributed by atoms with Crippen LogP contribution >= 0.6 is 0 Å². The van der Waals surface area contributed by atoms with Crippen molar-refractivity contribution in [2.24, 2.45) is 12.0 Å². The second kappa shape index (κ2) is 10.6. The molecule has 39 heavy (non-hydrogen) atoms. The fourth-order valence-electron chi connectivity index (χ4n) is 4.01. The van der Waals surface area contributed by atoms with Gasteiger partial charge in [-0.2, -0.15) is 13.2 Å². The Labute approximate surface area is 220 Å². The molecule has 3 heterocycles. The van der Waals surface area contributed by atoms with E-state index in [-0.39, 0.29) is 25.6 Å². The number of hydrogen-bond donors (Lipinski definition) is 4. The number of anilines is 2. The molecule has 10 nitrogen and oxygen atoms in total. The number of aliphatic imine (C=N–C) groups is 1. The number of imidazole rings is 1. The topological polar surface area (TPSA) is 126 Å². The van der Waals surface area contributed by atoms with Gasteiger partial charge in [-0.05, 0) is 42.5 Å². The zero-order chi connectivity index (χ0) is 27.6. The van der Waals surface area contributed by atoms with E-state index in [2.05, 4.69) is 30.9 Å². The Morgan fingerprint density at radius 1 is 1.15 bits per heavy atom. The smallest absolute Gasteiger partial charge is 0.416 e. The maximum atomic E-state index is 12.8. The molecule has 1 aliphatic rings. The first-order chi connectivity index (χ1) is 18.7. The third-order valence-electron chi connectivity index (χ3n) is 6.00. The number of halogens is 3. The molecule has 4 N–H and O–H groups in total. The lowest BCUT2D eigenvalue weighted by Crippen LogP contribution is -2.45. The molecular weight excluding hydrogens is 515 g/mol. The first kappa shape index (κ1) is 26.0. The molecule has 0 saturated carbocycles. The molecule has 13 heteroatoms. The van der Waals surface area contributed by atoms with E-state index < -0.39 is 17.8 Å². The second-order valence-corrected chi connectivity index (χ2v) is 8.72. The number of hydrogen-bond acceptors (Lipinski definition) is 8. The van der Waals surface area contributed by atoms with Gasteiger partial charge in [-0.1, -0.05) is 0 Å². The van der Waals surface area contributed by atoms with Crippen LogP contribution in [0.4, 0.5) is 24.8 Å². The Morgan fingerprint density at radius 3 is 2.67 bits per heavy atom. The molecular formula is C26H24F3N7O3. The molecule has 2 aromatic carbocycles. The zero-order valence-electron chi connectivity index (χ0n) is 20.7. The van der Waals surface area contributed by atoms with Gasteiger partial charge in [0.2, 0.25) is 11.9 Å². The predicted octanol–water partition coefficient (Wildman–Crippen LogP) is 3.35. The number of amidine groups is 1. The number of rotatable bonds is 8. The molecule has 5 rings (SSSR count). The minimum absolute atomic E-state index is 0.144. The second-order valence-electron chi connectivity index (χ2n) is 8.72. The van der Waals surface area contributed by atoms with E-state index in [1.165, 1.54) is 12.1 Å². The number of carbonyl (C=O) groups excluding carboxylic acids is 1. The number of pyridine rings is 1. The monoisotopic (exact) mass is 539 g/mol. The fraction of sp³-hybridized carbons (Fsp3) is 0.231. The van der Waals surface area contributed by atoms with Gasteiger partial charge in [0.1, 0.15) is 29.1 Å². The third kappa shape index (κ3) is 5.77. The van der Waals surface area contributed by atoms with Crippen LogP contribution in [0.2, 0.25) is 0 Å². The van der Waals surface area contributed by atoms with Crippen LogP contribution < -0.4 is 20.7 Å². The van der Waals surface area contributed by atoms with Crippen molar-refractivity contribution in [3.05, 3.63) is 72.1 Å². The van der Waals surface area contributed by atoms with E-state index in [1.54, 1.807) is 42.1 Å². The number of carbonyl (C=O) groups is 1. The summed E-state index contributed by atoms with van der Waals surface area (Å²) in [7, 11) is 1.80. The Hall–Kier alpha value is -4.65. The minimum Gasteiger partial charge on any atom is -0.457 e. The lowest BCUT2D eigenvalue weighted by molar-refractivity contribution is -0.137. The summed E-state index contributed by atoms with van der Waals surface area (Å²) in [6.45, 7) is 0.272. The van der Waals surface area contributed by atoms with Crippen LogP contribution in [0.1, 0.15) is 11.3 Å². The summed E-state index contributed by atoms with van der Waals surface area (Å²) in [6, 6.07) is 12.9. The maximum absolute atomic E-state index is 12.8. The molecule has 2 aromatic heterocycles. The molecule has 1 atom stereocenters. The highest BCUT2D eigenvalue weighted by Gasteiger charge is 2.30. The molecule has 1 unspecified atom stereocenters. The number of benzene rings is 2. The number of aromatic nitrogens is 3. The highest BCUT2D eigenvalue weighted by molar-refractivity contribution is 6.02. The van der Waals surface area contributed by atoms with Gasteiger partial charge >= 0.3 is 6.18 Å². The van der Waals surface area contributed by atoms with Crippen LogP contribution in [-0.4, -0.2) is 57.1 Å². The van der Waals surface area contributed by atoms with Crippen molar-refractivity contribution in [1.29, 1.82) is 0 Å². The van der Waals surface area contributed by atoms with Crippen molar-refractivity contribution in [2.45, 2.75) is 12.2 Å². The fourth-order valence-corrected chi connectivity index (χ4v) is 4.01.